The molecule has 3 N–H and O–H groups in total. The standard InChI is InChI=1S/C21H20O6/c1-26-20-11-14(5-9-18(20)24)3-7-16(22)13-17(23)8-4-15-6-10-19(25)21(12-15)27-2/h3-13,22,24-25H,1-2H3/b7-3+,8-4?,16-13-. The van der Waals surface area contributed by atoms with Gasteiger partial charge in [-0.1, -0.05) is 24.3 Å². The maximum atomic E-state index is 11.9. The van der Waals surface area contributed by atoms with Crippen LogP contribution in [0.1, 0.15) is 11.1 Å². The molecule has 0 bridgehead atoms. The zero-order valence-corrected chi connectivity index (χ0v) is 14.9. The third-order valence-electron chi connectivity index (χ3n) is 3.58. The molecule has 0 spiro atoms. The van der Waals surface area contributed by atoms with Gasteiger partial charge in [0, 0.05) is 6.08 Å². The molecule has 2 aromatic rings. The number of aliphatic hydroxyl groups is 1. The normalized spacial score (nSPS) is 11.9. The van der Waals surface area contributed by atoms with Gasteiger partial charge in [0.25, 0.3) is 0 Å². The number of aromatic hydroxyl groups is 2. The maximum Gasteiger partial charge on any atom is 0.182 e. The first-order chi connectivity index (χ1) is 12.9. The van der Waals surface area contributed by atoms with Crippen molar-refractivity contribution in [2.24, 2.45) is 0 Å². The van der Waals surface area contributed by atoms with Crippen LogP contribution in [0, 0.1) is 0 Å². The van der Waals surface area contributed by atoms with E-state index in [1.54, 1.807) is 36.4 Å². The van der Waals surface area contributed by atoms with Crippen molar-refractivity contribution in [3.05, 3.63) is 71.5 Å². The third-order valence-corrected chi connectivity index (χ3v) is 3.58. The number of carbonyl (C=O) groups is 1. The van der Waals surface area contributed by atoms with Crippen molar-refractivity contribution in [1.82, 2.24) is 0 Å². The van der Waals surface area contributed by atoms with Crippen molar-refractivity contribution >= 4 is 17.9 Å². The van der Waals surface area contributed by atoms with E-state index in [1.807, 2.05) is 0 Å². The molecule has 0 unspecified atom stereocenters. The summed E-state index contributed by atoms with van der Waals surface area (Å²) in [7, 11) is 2.87. The smallest absolute Gasteiger partial charge is 0.182 e. The Labute approximate surface area is 156 Å². The highest BCUT2D eigenvalue weighted by molar-refractivity contribution is 6.02. The average Bonchev–Trinajstić information content (AvgIpc) is 2.66. The summed E-state index contributed by atoms with van der Waals surface area (Å²) in [6.07, 6.45) is 6.85. The minimum Gasteiger partial charge on any atom is -0.508 e. The van der Waals surface area contributed by atoms with Crippen molar-refractivity contribution in [2.75, 3.05) is 14.2 Å². The molecular weight excluding hydrogens is 348 g/mol. The highest BCUT2D eigenvalue weighted by atomic mass is 16.5. The zero-order chi connectivity index (χ0) is 19.8. The minimum absolute atomic E-state index is 0.00881. The summed E-state index contributed by atoms with van der Waals surface area (Å²) in [6, 6.07) is 9.38. The number of hydrogen-bond acceptors (Lipinski definition) is 6. The Kier molecular flexibility index (Phi) is 6.66. The summed E-state index contributed by atoms with van der Waals surface area (Å²) in [4.78, 5) is 11.9. The monoisotopic (exact) mass is 368 g/mol. The second-order valence-corrected chi connectivity index (χ2v) is 5.50. The van der Waals surface area contributed by atoms with E-state index in [0.29, 0.717) is 22.6 Å². The van der Waals surface area contributed by atoms with Gasteiger partial charge in [-0.2, -0.15) is 0 Å². The van der Waals surface area contributed by atoms with Crippen molar-refractivity contribution in [2.45, 2.75) is 0 Å². The summed E-state index contributed by atoms with van der Waals surface area (Å²) in [6.45, 7) is 0. The molecule has 0 aliphatic heterocycles. The van der Waals surface area contributed by atoms with Gasteiger partial charge in [0.1, 0.15) is 5.76 Å². The number of methoxy groups -OCH3 is 2. The fourth-order valence-electron chi connectivity index (χ4n) is 2.20. The fourth-order valence-corrected chi connectivity index (χ4v) is 2.20. The molecule has 0 fully saturated rings. The molecule has 0 radical (unpaired) electrons. The highest BCUT2D eigenvalue weighted by Gasteiger charge is 2.02. The van der Waals surface area contributed by atoms with Gasteiger partial charge in [-0.05, 0) is 47.5 Å². The first-order valence-corrected chi connectivity index (χ1v) is 7.97. The molecule has 140 valence electrons. The van der Waals surface area contributed by atoms with E-state index < -0.39 is 5.78 Å². The molecule has 0 amide bonds. The highest BCUT2D eigenvalue weighted by Crippen LogP contribution is 2.27. The van der Waals surface area contributed by atoms with Gasteiger partial charge in [0.15, 0.2) is 28.8 Å². The van der Waals surface area contributed by atoms with Crippen LogP contribution in [0.25, 0.3) is 12.2 Å². The van der Waals surface area contributed by atoms with Gasteiger partial charge in [-0.25, -0.2) is 0 Å². The number of ketones is 1. The molecule has 2 aromatic carbocycles. The first kappa shape index (κ1) is 19.7. The molecule has 0 aliphatic carbocycles. The molecule has 0 saturated carbocycles. The van der Waals surface area contributed by atoms with Crippen LogP contribution >= 0.6 is 0 Å². The molecular formula is C21H20O6. The van der Waals surface area contributed by atoms with E-state index in [0.717, 1.165) is 6.08 Å². The summed E-state index contributed by atoms with van der Waals surface area (Å²) >= 11 is 0. The number of rotatable bonds is 7. The predicted octanol–water partition coefficient (Wildman–Crippen LogP) is 3.85. The Balaban J connectivity index is 2.05. The lowest BCUT2D eigenvalue weighted by Crippen LogP contribution is -1.89. The number of aliphatic hydroxyl groups excluding tert-OH is 1. The van der Waals surface area contributed by atoms with E-state index in [-0.39, 0.29) is 17.3 Å². The Hall–Kier alpha value is -3.67. The van der Waals surface area contributed by atoms with Crippen molar-refractivity contribution in [1.29, 1.82) is 0 Å². The van der Waals surface area contributed by atoms with Crippen LogP contribution in [0.3, 0.4) is 0 Å². The van der Waals surface area contributed by atoms with Gasteiger partial charge in [-0.3, -0.25) is 4.79 Å². The number of phenols is 2. The molecule has 0 aliphatic rings. The number of carbonyl (C=O) groups excluding carboxylic acids is 1. The summed E-state index contributed by atoms with van der Waals surface area (Å²) in [5, 5.41) is 29.0. The number of phenolic OH excluding ortho intramolecular Hbond substituents is 2. The summed E-state index contributed by atoms with van der Waals surface area (Å²) < 4.78 is 10.0. The molecule has 2 rings (SSSR count). The minimum atomic E-state index is -0.410. The lowest BCUT2D eigenvalue weighted by Gasteiger charge is -2.03. The van der Waals surface area contributed by atoms with Gasteiger partial charge in [-0.15, -0.1) is 0 Å². The van der Waals surface area contributed by atoms with E-state index >= 15 is 0 Å². The number of benzene rings is 2. The van der Waals surface area contributed by atoms with E-state index in [9.17, 15) is 20.1 Å². The summed E-state index contributed by atoms with van der Waals surface area (Å²) in [5.74, 6) is 0.00163. The molecule has 27 heavy (non-hydrogen) atoms. The van der Waals surface area contributed by atoms with Crippen LogP contribution in [-0.2, 0) is 4.79 Å². The van der Waals surface area contributed by atoms with Gasteiger partial charge in [0.2, 0.25) is 0 Å². The van der Waals surface area contributed by atoms with Gasteiger partial charge in [0.05, 0.1) is 14.2 Å². The topological polar surface area (TPSA) is 96.2 Å². The Morgan fingerprint density at radius 3 is 1.81 bits per heavy atom. The molecule has 0 saturated heterocycles. The van der Waals surface area contributed by atoms with Crippen LogP contribution < -0.4 is 9.47 Å². The zero-order valence-electron chi connectivity index (χ0n) is 14.9. The van der Waals surface area contributed by atoms with Crippen LogP contribution in [0.4, 0.5) is 0 Å². The SMILES string of the molecule is COc1cc(C=CC(=O)/C=C(O)/C=C/c2ccc(O)c(OC)c2)ccc1O. The molecule has 0 atom stereocenters. The van der Waals surface area contributed by atoms with E-state index in [1.165, 1.54) is 38.5 Å². The van der Waals surface area contributed by atoms with Crippen molar-refractivity contribution < 1.29 is 29.6 Å². The largest absolute Gasteiger partial charge is 0.508 e. The molecule has 6 nitrogen and oxygen atoms in total. The number of allylic oxidation sites excluding steroid dienone is 3. The Bertz CT molecular complexity index is 909. The maximum absolute atomic E-state index is 11.9. The van der Waals surface area contributed by atoms with Crippen LogP contribution in [0.5, 0.6) is 23.0 Å². The lowest BCUT2D eigenvalue weighted by atomic mass is 10.1. The van der Waals surface area contributed by atoms with Crippen molar-refractivity contribution in [3.63, 3.8) is 0 Å². The summed E-state index contributed by atoms with van der Waals surface area (Å²) in [5.41, 5.74) is 1.35. The molecule has 0 aromatic heterocycles. The van der Waals surface area contributed by atoms with Crippen LogP contribution in [-0.4, -0.2) is 35.3 Å². The average molecular weight is 368 g/mol. The van der Waals surface area contributed by atoms with Crippen molar-refractivity contribution in [3.8, 4) is 23.0 Å². The predicted molar refractivity (Wildman–Crippen MR) is 103 cm³/mol. The number of ether oxygens (including phenoxy) is 2. The lowest BCUT2D eigenvalue weighted by molar-refractivity contribution is -0.110. The quantitative estimate of drug-likeness (QED) is 0.390. The molecule has 0 heterocycles. The second kappa shape index (κ2) is 9.15. The van der Waals surface area contributed by atoms with Crippen LogP contribution in [0.15, 0.2) is 60.4 Å². The fraction of sp³-hybridized carbons (Fsp3) is 0.0952. The second-order valence-electron chi connectivity index (χ2n) is 5.50. The molecule has 6 heteroatoms. The van der Waals surface area contributed by atoms with Crippen LogP contribution in [0.2, 0.25) is 0 Å². The van der Waals surface area contributed by atoms with E-state index in [2.05, 4.69) is 0 Å². The Morgan fingerprint density at radius 1 is 0.852 bits per heavy atom. The Morgan fingerprint density at radius 2 is 1.33 bits per heavy atom. The van der Waals surface area contributed by atoms with Gasteiger partial charge < -0.3 is 24.8 Å². The van der Waals surface area contributed by atoms with Gasteiger partial charge >= 0.3 is 0 Å². The number of hydrogen-bond donors (Lipinski definition) is 3. The third kappa shape index (κ3) is 5.67. The first-order valence-electron chi connectivity index (χ1n) is 7.97. The van der Waals surface area contributed by atoms with E-state index in [4.69, 9.17) is 9.47 Å².